The van der Waals surface area contributed by atoms with Crippen LogP contribution in [-0.2, 0) is 4.74 Å². The van der Waals surface area contributed by atoms with E-state index < -0.39 is 11.7 Å². The molecule has 21 heavy (non-hydrogen) atoms. The largest absolute Gasteiger partial charge is 0.444 e. The zero-order valence-electron chi connectivity index (χ0n) is 12.6. The van der Waals surface area contributed by atoms with Gasteiger partial charge in [-0.25, -0.2) is 9.78 Å². The van der Waals surface area contributed by atoms with Gasteiger partial charge in [0.05, 0.1) is 6.04 Å². The van der Waals surface area contributed by atoms with Crippen molar-refractivity contribution in [3.63, 3.8) is 0 Å². The molecule has 2 heterocycles. The van der Waals surface area contributed by atoms with Crippen LogP contribution in [0.4, 0.5) is 10.6 Å². The number of nitrogens with one attached hydrogen (secondary N) is 1. The average molecular weight is 288 g/mol. The molecule has 0 radical (unpaired) electrons. The predicted molar refractivity (Wildman–Crippen MR) is 78.9 cm³/mol. The maximum atomic E-state index is 11.7. The van der Waals surface area contributed by atoms with Crippen molar-refractivity contribution in [3.05, 3.63) is 23.9 Å². The summed E-state index contributed by atoms with van der Waals surface area (Å²) in [5, 5.41) is 11.7. The lowest BCUT2D eigenvalue weighted by Crippen LogP contribution is -2.40. The van der Waals surface area contributed by atoms with Gasteiger partial charge in [0.1, 0.15) is 23.2 Å². The fourth-order valence-corrected chi connectivity index (χ4v) is 2.22. The maximum absolute atomic E-state index is 11.7. The van der Waals surface area contributed by atoms with E-state index in [1.165, 1.54) is 0 Å². The van der Waals surface area contributed by atoms with E-state index in [0.717, 1.165) is 18.8 Å². The highest BCUT2D eigenvalue weighted by Gasteiger charge is 2.26. The van der Waals surface area contributed by atoms with E-state index in [2.05, 4.69) is 15.2 Å². The number of nitriles is 1. The monoisotopic (exact) mass is 288 g/mol. The van der Waals surface area contributed by atoms with Crippen LogP contribution in [0.1, 0.15) is 32.9 Å². The number of ether oxygens (including phenoxy) is 1. The first-order valence-electron chi connectivity index (χ1n) is 6.99. The van der Waals surface area contributed by atoms with Crippen molar-refractivity contribution in [1.82, 2.24) is 10.3 Å². The standard InChI is InChI=1S/C15H20N4O2/c1-15(2,3)21-14(20)18-12-7-8-19(10-12)13-6-4-5-11(9-16)17-13/h4-6,12H,7-8,10H2,1-3H3,(H,18,20)/t12-/m0/s1. The summed E-state index contributed by atoms with van der Waals surface area (Å²) in [7, 11) is 0. The highest BCUT2D eigenvalue weighted by Crippen LogP contribution is 2.18. The average Bonchev–Trinajstić information content (AvgIpc) is 2.85. The van der Waals surface area contributed by atoms with Crippen LogP contribution in [0.3, 0.4) is 0 Å². The topological polar surface area (TPSA) is 78.2 Å². The summed E-state index contributed by atoms with van der Waals surface area (Å²) in [6.07, 6.45) is 0.436. The Balaban J connectivity index is 1.92. The summed E-state index contributed by atoms with van der Waals surface area (Å²) in [6.45, 7) is 6.98. The first-order chi connectivity index (χ1) is 9.87. The Hall–Kier alpha value is -2.29. The summed E-state index contributed by atoms with van der Waals surface area (Å²) in [6, 6.07) is 7.43. The van der Waals surface area contributed by atoms with E-state index in [-0.39, 0.29) is 6.04 Å². The Labute approximate surface area is 124 Å². The number of carbonyl (C=O) groups excluding carboxylic acids is 1. The van der Waals surface area contributed by atoms with Gasteiger partial charge >= 0.3 is 6.09 Å². The van der Waals surface area contributed by atoms with Gasteiger partial charge in [-0.15, -0.1) is 0 Å². The number of alkyl carbamates (subject to hydrolysis) is 1. The molecule has 1 atom stereocenters. The van der Waals surface area contributed by atoms with Crippen LogP contribution >= 0.6 is 0 Å². The Morgan fingerprint density at radius 3 is 2.95 bits per heavy atom. The lowest BCUT2D eigenvalue weighted by molar-refractivity contribution is 0.0509. The maximum Gasteiger partial charge on any atom is 0.407 e. The molecule has 0 saturated carbocycles. The molecule has 1 saturated heterocycles. The third-order valence-electron chi connectivity index (χ3n) is 3.08. The second kappa shape index (κ2) is 6.00. The van der Waals surface area contributed by atoms with E-state index in [1.807, 2.05) is 39.0 Å². The van der Waals surface area contributed by atoms with Crippen LogP contribution in [0.25, 0.3) is 0 Å². The summed E-state index contributed by atoms with van der Waals surface area (Å²) >= 11 is 0. The molecule has 0 bridgehead atoms. The predicted octanol–water partition coefficient (Wildman–Crippen LogP) is 2.06. The number of rotatable bonds is 2. The third kappa shape index (κ3) is 4.35. The van der Waals surface area contributed by atoms with Crippen molar-refractivity contribution >= 4 is 11.9 Å². The van der Waals surface area contributed by atoms with Gasteiger partial charge in [0.15, 0.2) is 0 Å². The number of anilines is 1. The molecular weight excluding hydrogens is 268 g/mol. The minimum atomic E-state index is -0.495. The van der Waals surface area contributed by atoms with E-state index in [9.17, 15) is 4.79 Å². The van der Waals surface area contributed by atoms with Crippen LogP contribution in [0, 0.1) is 11.3 Å². The van der Waals surface area contributed by atoms with Crippen LogP contribution in [0.2, 0.25) is 0 Å². The smallest absolute Gasteiger partial charge is 0.407 e. The molecule has 1 aliphatic heterocycles. The van der Waals surface area contributed by atoms with Gasteiger partial charge in [-0.1, -0.05) is 6.07 Å². The Bertz CT molecular complexity index is 560. The summed E-state index contributed by atoms with van der Waals surface area (Å²) in [5.41, 5.74) is -0.0959. The number of amides is 1. The van der Waals surface area contributed by atoms with E-state index in [4.69, 9.17) is 10.00 Å². The minimum Gasteiger partial charge on any atom is -0.444 e. The normalized spacial score (nSPS) is 18.2. The molecule has 1 aromatic heterocycles. The van der Waals surface area contributed by atoms with Crippen molar-refractivity contribution in [2.45, 2.75) is 38.8 Å². The number of carbonyl (C=O) groups is 1. The van der Waals surface area contributed by atoms with Gasteiger partial charge in [0, 0.05) is 13.1 Å². The van der Waals surface area contributed by atoms with Crippen LogP contribution in [0.5, 0.6) is 0 Å². The number of hydrogen-bond acceptors (Lipinski definition) is 5. The van der Waals surface area contributed by atoms with E-state index in [1.54, 1.807) is 6.07 Å². The van der Waals surface area contributed by atoms with Gasteiger partial charge in [-0.05, 0) is 39.3 Å². The molecule has 1 fully saturated rings. The fourth-order valence-electron chi connectivity index (χ4n) is 2.22. The van der Waals surface area contributed by atoms with Crippen molar-refractivity contribution in [3.8, 4) is 6.07 Å². The molecular formula is C15H20N4O2. The summed E-state index contributed by atoms with van der Waals surface area (Å²) in [4.78, 5) is 18.1. The van der Waals surface area contributed by atoms with Crippen molar-refractivity contribution in [1.29, 1.82) is 5.26 Å². The number of hydrogen-bond donors (Lipinski definition) is 1. The molecule has 1 aliphatic rings. The summed E-state index contributed by atoms with van der Waals surface area (Å²) < 4.78 is 5.25. The molecule has 0 unspecified atom stereocenters. The molecule has 0 aliphatic carbocycles. The SMILES string of the molecule is CC(C)(C)OC(=O)N[C@H]1CCN(c2cccc(C#N)n2)C1. The molecule has 0 aromatic carbocycles. The van der Waals surface area contributed by atoms with Gasteiger partial charge in [0.25, 0.3) is 0 Å². The number of pyridine rings is 1. The molecule has 1 N–H and O–H groups in total. The molecule has 112 valence electrons. The first kappa shape index (κ1) is 15.1. The second-order valence-electron chi connectivity index (χ2n) is 6.07. The first-order valence-corrected chi connectivity index (χ1v) is 6.99. The van der Waals surface area contributed by atoms with Crippen molar-refractivity contribution in [2.75, 3.05) is 18.0 Å². The molecule has 6 nitrogen and oxygen atoms in total. The highest BCUT2D eigenvalue weighted by atomic mass is 16.6. The zero-order chi connectivity index (χ0) is 15.5. The Morgan fingerprint density at radius 2 is 2.29 bits per heavy atom. The fraction of sp³-hybridized carbons (Fsp3) is 0.533. The van der Waals surface area contributed by atoms with E-state index in [0.29, 0.717) is 12.2 Å². The highest BCUT2D eigenvalue weighted by molar-refractivity contribution is 5.68. The molecule has 1 aromatic rings. The second-order valence-corrected chi connectivity index (χ2v) is 6.07. The molecule has 2 rings (SSSR count). The molecule has 0 spiro atoms. The number of nitrogens with zero attached hydrogens (tertiary/aromatic N) is 3. The number of aromatic nitrogens is 1. The third-order valence-corrected chi connectivity index (χ3v) is 3.08. The van der Waals surface area contributed by atoms with Gasteiger partial charge in [-0.3, -0.25) is 0 Å². The molecule has 6 heteroatoms. The Morgan fingerprint density at radius 1 is 1.52 bits per heavy atom. The van der Waals surface area contributed by atoms with Crippen LogP contribution in [-0.4, -0.2) is 35.8 Å². The minimum absolute atomic E-state index is 0.0346. The van der Waals surface area contributed by atoms with E-state index >= 15 is 0 Å². The zero-order valence-corrected chi connectivity index (χ0v) is 12.6. The Kier molecular flexibility index (Phi) is 4.32. The van der Waals surface area contributed by atoms with Gasteiger partial charge < -0.3 is 15.0 Å². The quantitative estimate of drug-likeness (QED) is 0.901. The van der Waals surface area contributed by atoms with Crippen molar-refractivity contribution in [2.24, 2.45) is 0 Å². The molecule has 1 amide bonds. The van der Waals surface area contributed by atoms with Crippen LogP contribution in [0.15, 0.2) is 18.2 Å². The van der Waals surface area contributed by atoms with Crippen molar-refractivity contribution < 1.29 is 9.53 Å². The lowest BCUT2D eigenvalue weighted by Gasteiger charge is -2.22. The van der Waals surface area contributed by atoms with Crippen LogP contribution < -0.4 is 10.2 Å². The summed E-state index contributed by atoms with van der Waals surface area (Å²) in [5.74, 6) is 0.766. The van der Waals surface area contributed by atoms with Gasteiger partial charge in [-0.2, -0.15) is 5.26 Å². The van der Waals surface area contributed by atoms with Gasteiger partial charge in [0.2, 0.25) is 0 Å². The lowest BCUT2D eigenvalue weighted by atomic mass is 10.2.